The van der Waals surface area contributed by atoms with Crippen LogP contribution in [0.25, 0.3) is 0 Å². The minimum absolute atomic E-state index is 0. The van der Waals surface area contributed by atoms with Crippen LogP contribution in [0.3, 0.4) is 0 Å². The number of anilines is 1. The molecule has 2 fully saturated rings. The lowest BCUT2D eigenvalue weighted by atomic mass is 9.97. The quantitative estimate of drug-likeness (QED) is 0.747. The lowest BCUT2D eigenvalue weighted by Crippen LogP contribution is -2.21. The Kier molecular flexibility index (Phi) is 6.00. The summed E-state index contributed by atoms with van der Waals surface area (Å²) in [6.45, 7) is 3.27. The average molecular weight is 371 g/mol. The Bertz CT molecular complexity index is 758. The monoisotopic (exact) mass is 370 g/mol. The third kappa shape index (κ3) is 4.66. The summed E-state index contributed by atoms with van der Waals surface area (Å²) in [4.78, 5) is 12.6. The molecule has 4 heteroatoms. The molecule has 0 heterocycles. The van der Waals surface area contributed by atoms with Gasteiger partial charge in [-0.25, -0.2) is 0 Å². The summed E-state index contributed by atoms with van der Waals surface area (Å²) >= 11 is 0. The molecule has 2 saturated carbocycles. The molecule has 2 N–H and O–H groups in total. The molecule has 26 heavy (non-hydrogen) atoms. The maximum Gasteiger partial charge on any atom is 0.255 e. The van der Waals surface area contributed by atoms with Crippen molar-refractivity contribution in [1.29, 1.82) is 0 Å². The summed E-state index contributed by atoms with van der Waals surface area (Å²) in [6, 6.07) is 16.4. The van der Waals surface area contributed by atoms with E-state index in [4.69, 9.17) is 0 Å². The molecule has 0 radical (unpaired) electrons. The number of halogens is 1. The first-order valence-corrected chi connectivity index (χ1v) is 9.39. The summed E-state index contributed by atoms with van der Waals surface area (Å²) in [6.07, 6.45) is 5.15. The number of hydrogen-bond acceptors (Lipinski definition) is 2. The van der Waals surface area contributed by atoms with Gasteiger partial charge >= 0.3 is 0 Å². The first-order valence-electron chi connectivity index (χ1n) is 9.39. The summed E-state index contributed by atoms with van der Waals surface area (Å²) in [5.74, 6) is 1.64. The summed E-state index contributed by atoms with van der Waals surface area (Å²) < 4.78 is 0. The van der Waals surface area contributed by atoms with Gasteiger partial charge in [-0.1, -0.05) is 30.3 Å². The minimum atomic E-state index is -0.0234. The number of carbonyl (C=O) groups is 1. The molecule has 0 spiro atoms. The van der Waals surface area contributed by atoms with Gasteiger partial charge in [0.25, 0.3) is 5.91 Å². The summed E-state index contributed by atoms with van der Waals surface area (Å²) in [5.41, 5.74) is 4.04. The lowest BCUT2D eigenvalue weighted by molar-refractivity contribution is 0.102. The van der Waals surface area contributed by atoms with Gasteiger partial charge in [0, 0.05) is 17.3 Å². The molecule has 2 aromatic carbocycles. The first kappa shape index (κ1) is 18.9. The Morgan fingerprint density at radius 1 is 1.08 bits per heavy atom. The van der Waals surface area contributed by atoms with Crippen molar-refractivity contribution in [2.45, 2.75) is 38.6 Å². The number of amides is 1. The maximum absolute atomic E-state index is 12.6. The smallest absolute Gasteiger partial charge is 0.255 e. The van der Waals surface area contributed by atoms with E-state index in [1.54, 1.807) is 0 Å². The van der Waals surface area contributed by atoms with E-state index in [-0.39, 0.29) is 18.3 Å². The lowest BCUT2D eigenvalue weighted by Gasteiger charge is -2.12. The molecule has 4 rings (SSSR count). The number of hydrogen-bond donors (Lipinski definition) is 2. The van der Waals surface area contributed by atoms with Crippen molar-refractivity contribution in [1.82, 2.24) is 5.32 Å². The SMILES string of the molecule is Cc1c(C[C@@H]2C[C@H]2NCC2CC2)cccc1C(=O)Nc1ccccc1.Cl. The second kappa shape index (κ2) is 8.24. The Morgan fingerprint density at radius 2 is 1.85 bits per heavy atom. The highest BCUT2D eigenvalue weighted by molar-refractivity contribution is 6.05. The van der Waals surface area contributed by atoms with Crippen LogP contribution in [-0.2, 0) is 6.42 Å². The van der Waals surface area contributed by atoms with Gasteiger partial charge in [-0.2, -0.15) is 0 Å². The highest BCUT2D eigenvalue weighted by Gasteiger charge is 2.38. The van der Waals surface area contributed by atoms with E-state index in [1.807, 2.05) is 42.5 Å². The second-order valence-electron chi connectivity index (χ2n) is 7.57. The van der Waals surface area contributed by atoms with Gasteiger partial charge in [-0.05, 0) is 80.3 Å². The van der Waals surface area contributed by atoms with Crippen LogP contribution in [0, 0.1) is 18.8 Å². The molecule has 3 nitrogen and oxygen atoms in total. The van der Waals surface area contributed by atoms with Gasteiger partial charge in [0.05, 0.1) is 0 Å². The number of nitrogens with one attached hydrogen (secondary N) is 2. The molecule has 2 aliphatic rings. The van der Waals surface area contributed by atoms with Crippen molar-refractivity contribution < 1.29 is 4.79 Å². The first-order chi connectivity index (χ1) is 12.2. The van der Waals surface area contributed by atoms with Crippen molar-refractivity contribution in [2.24, 2.45) is 11.8 Å². The van der Waals surface area contributed by atoms with E-state index in [2.05, 4.69) is 23.6 Å². The van der Waals surface area contributed by atoms with E-state index >= 15 is 0 Å². The molecule has 1 amide bonds. The molecule has 0 aliphatic heterocycles. The van der Waals surface area contributed by atoms with Crippen molar-refractivity contribution in [2.75, 3.05) is 11.9 Å². The molecule has 2 aromatic rings. The number of rotatable bonds is 7. The van der Waals surface area contributed by atoms with Crippen LogP contribution < -0.4 is 10.6 Å². The van der Waals surface area contributed by atoms with Gasteiger partial charge < -0.3 is 10.6 Å². The fourth-order valence-corrected chi connectivity index (χ4v) is 3.52. The zero-order valence-corrected chi connectivity index (χ0v) is 16.0. The van der Waals surface area contributed by atoms with Crippen molar-refractivity contribution >= 4 is 24.0 Å². The molecule has 0 aromatic heterocycles. The van der Waals surface area contributed by atoms with Crippen molar-refractivity contribution in [3.8, 4) is 0 Å². The minimum Gasteiger partial charge on any atom is -0.322 e. The predicted octanol–water partition coefficient (Wildman–Crippen LogP) is 4.60. The molecule has 2 atom stereocenters. The maximum atomic E-state index is 12.6. The standard InChI is InChI=1S/C22H26N2O.ClH/c1-15-17(12-18-13-21(18)23-14-16-10-11-16)6-5-9-20(15)22(25)24-19-7-3-2-4-8-19;/h2-9,16,18,21,23H,10-14H2,1H3,(H,24,25);1H/t18-,21-;/m1./s1. The van der Waals surface area contributed by atoms with Crippen LogP contribution in [0.1, 0.15) is 40.7 Å². The predicted molar refractivity (Wildman–Crippen MR) is 109 cm³/mol. The fraction of sp³-hybridized carbons (Fsp3) is 0.409. The van der Waals surface area contributed by atoms with E-state index < -0.39 is 0 Å². The topological polar surface area (TPSA) is 41.1 Å². The van der Waals surface area contributed by atoms with Gasteiger partial charge in [-0.3, -0.25) is 4.79 Å². The van der Waals surface area contributed by atoms with Crippen LogP contribution in [0.5, 0.6) is 0 Å². The largest absolute Gasteiger partial charge is 0.322 e. The van der Waals surface area contributed by atoms with E-state index in [0.29, 0.717) is 6.04 Å². The van der Waals surface area contributed by atoms with E-state index in [0.717, 1.165) is 35.1 Å². The third-order valence-electron chi connectivity index (χ3n) is 5.49. The summed E-state index contributed by atoms with van der Waals surface area (Å²) in [5, 5.41) is 6.69. The molecule has 2 aliphatic carbocycles. The van der Waals surface area contributed by atoms with Crippen LogP contribution >= 0.6 is 12.4 Å². The zero-order chi connectivity index (χ0) is 17.2. The van der Waals surface area contributed by atoms with Gasteiger partial charge in [0.15, 0.2) is 0 Å². The molecule has 0 bridgehead atoms. The molecule has 0 unspecified atom stereocenters. The molecule has 0 saturated heterocycles. The Labute approximate surface area is 162 Å². The van der Waals surface area contributed by atoms with Crippen LogP contribution in [-0.4, -0.2) is 18.5 Å². The molecule has 138 valence electrons. The van der Waals surface area contributed by atoms with Crippen molar-refractivity contribution in [3.05, 3.63) is 65.2 Å². The van der Waals surface area contributed by atoms with Crippen LogP contribution in [0.15, 0.2) is 48.5 Å². The Hall–Kier alpha value is -1.84. The van der Waals surface area contributed by atoms with Crippen LogP contribution in [0.4, 0.5) is 5.69 Å². The summed E-state index contributed by atoms with van der Waals surface area (Å²) in [7, 11) is 0. The second-order valence-corrected chi connectivity index (χ2v) is 7.57. The number of benzene rings is 2. The normalized spacial score (nSPS) is 21.0. The van der Waals surface area contributed by atoms with E-state index in [9.17, 15) is 4.79 Å². The molecular weight excluding hydrogens is 344 g/mol. The third-order valence-corrected chi connectivity index (χ3v) is 5.49. The Balaban J connectivity index is 0.00000196. The van der Waals surface area contributed by atoms with Gasteiger partial charge in [0.2, 0.25) is 0 Å². The van der Waals surface area contributed by atoms with E-state index in [1.165, 1.54) is 31.4 Å². The zero-order valence-electron chi connectivity index (χ0n) is 15.2. The fourth-order valence-electron chi connectivity index (χ4n) is 3.52. The van der Waals surface area contributed by atoms with Crippen LogP contribution in [0.2, 0.25) is 0 Å². The highest BCUT2D eigenvalue weighted by atomic mass is 35.5. The van der Waals surface area contributed by atoms with Crippen molar-refractivity contribution in [3.63, 3.8) is 0 Å². The number of carbonyl (C=O) groups excluding carboxylic acids is 1. The van der Waals surface area contributed by atoms with Gasteiger partial charge in [-0.15, -0.1) is 12.4 Å². The van der Waals surface area contributed by atoms with Gasteiger partial charge in [0.1, 0.15) is 0 Å². The average Bonchev–Trinajstić information content (AvgIpc) is 3.52. The molecular formula is C22H27ClN2O. The Morgan fingerprint density at radius 3 is 2.58 bits per heavy atom. The number of para-hydroxylation sites is 1. The highest BCUT2D eigenvalue weighted by Crippen LogP contribution is 2.36.